The molecule has 0 heterocycles. The van der Waals surface area contributed by atoms with E-state index in [-0.39, 0.29) is 0 Å². The van der Waals surface area contributed by atoms with Crippen LogP contribution in [0.4, 0.5) is 0 Å². The number of methoxy groups -OCH3 is 1. The number of aldehydes is 1. The van der Waals surface area contributed by atoms with Crippen LogP contribution >= 0.6 is 0 Å². The van der Waals surface area contributed by atoms with Gasteiger partial charge in [-0.3, -0.25) is 0 Å². The summed E-state index contributed by atoms with van der Waals surface area (Å²) in [5, 5.41) is 0. The van der Waals surface area contributed by atoms with E-state index in [2.05, 4.69) is 19.9 Å². The zero-order valence-electron chi connectivity index (χ0n) is 9.62. The Morgan fingerprint density at radius 3 is 2.67 bits per heavy atom. The molecule has 0 spiro atoms. The summed E-state index contributed by atoms with van der Waals surface area (Å²) in [6.07, 6.45) is 2.36. The predicted molar refractivity (Wildman–Crippen MR) is 61.5 cm³/mol. The van der Waals surface area contributed by atoms with Crippen LogP contribution in [0.25, 0.3) is 0 Å². The van der Waals surface area contributed by atoms with Crippen LogP contribution in [0.15, 0.2) is 18.2 Å². The van der Waals surface area contributed by atoms with Gasteiger partial charge in [0, 0.05) is 6.42 Å². The third-order valence-electron chi connectivity index (χ3n) is 2.47. The molecule has 0 saturated heterocycles. The van der Waals surface area contributed by atoms with Crippen LogP contribution in [0.1, 0.15) is 37.3 Å². The van der Waals surface area contributed by atoms with Crippen molar-refractivity contribution in [2.45, 2.75) is 32.6 Å². The molecule has 0 unspecified atom stereocenters. The van der Waals surface area contributed by atoms with Crippen molar-refractivity contribution in [2.24, 2.45) is 0 Å². The van der Waals surface area contributed by atoms with Gasteiger partial charge in [0.2, 0.25) is 0 Å². The largest absolute Gasteiger partial charge is 0.496 e. The average Bonchev–Trinajstić information content (AvgIpc) is 2.25. The average molecular weight is 206 g/mol. The first kappa shape index (κ1) is 11.8. The number of carbonyl (C=O) groups excluding carboxylic acids is 1. The Balaban J connectivity index is 2.94. The molecule has 0 radical (unpaired) electrons. The number of hydrogen-bond acceptors (Lipinski definition) is 2. The molecular formula is C13H18O2. The van der Waals surface area contributed by atoms with E-state index in [9.17, 15) is 4.79 Å². The second-order valence-corrected chi connectivity index (χ2v) is 3.94. The van der Waals surface area contributed by atoms with E-state index < -0.39 is 0 Å². The molecule has 1 aromatic carbocycles. The first-order valence-electron chi connectivity index (χ1n) is 5.29. The molecule has 0 aromatic heterocycles. The van der Waals surface area contributed by atoms with E-state index in [4.69, 9.17) is 4.74 Å². The van der Waals surface area contributed by atoms with Gasteiger partial charge < -0.3 is 9.53 Å². The number of benzene rings is 1. The Morgan fingerprint density at radius 1 is 1.40 bits per heavy atom. The lowest BCUT2D eigenvalue weighted by Gasteiger charge is -2.13. The molecule has 2 heteroatoms. The number of carbonyl (C=O) groups is 1. The molecule has 0 saturated carbocycles. The van der Waals surface area contributed by atoms with Crippen molar-refractivity contribution in [3.63, 3.8) is 0 Å². The summed E-state index contributed by atoms with van der Waals surface area (Å²) in [5.41, 5.74) is 2.41. The van der Waals surface area contributed by atoms with Crippen molar-refractivity contribution >= 4 is 6.29 Å². The molecule has 0 amide bonds. The Labute approximate surface area is 91.3 Å². The minimum absolute atomic E-state index is 0.441. The molecular weight excluding hydrogens is 188 g/mol. The maximum absolute atomic E-state index is 10.3. The number of hydrogen-bond donors (Lipinski definition) is 0. The van der Waals surface area contributed by atoms with Crippen molar-refractivity contribution < 1.29 is 9.53 Å². The van der Waals surface area contributed by atoms with E-state index in [0.717, 1.165) is 18.5 Å². The van der Waals surface area contributed by atoms with Crippen LogP contribution in [0, 0.1) is 0 Å². The molecule has 1 aromatic rings. The molecule has 0 fully saturated rings. The molecule has 0 aliphatic carbocycles. The summed E-state index contributed by atoms with van der Waals surface area (Å²) in [7, 11) is 1.69. The Bertz CT molecular complexity index is 329. The summed E-state index contributed by atoms with van der Waals surface area (Å²) in [5.74, 6) is 1.37. The molecule has 0 bridgehead atoms. The number of rotatable bonds is 5. The number of aryl methyl sites for hydroxylation is 1. The summed E-state index contributed by atoms with van der Waals surface area (Å²) >= 11 is 0. The summed E-state index contributed by atoms with van der Waals surface area (Å²) in [6, 6.07) is 6.14. The Morgan fingerprint density at radius 2 is 2.13 bits per heavy atom. The van der Waals surface area contributed by atoms with Gasteiger partial charge in [-0.05, 0) is 29.5 Å². The van der Waals surface area contributed by atoms with Crippen LogP contribution in [-0.2, 0) is 11.2 Å². The fraction of sp³-hybridized carbons (Fsp3) is 0.462. The maximum Gasteiger partial charge on any atom is 0.122 e. The highest BCUT2D eigenvalue weighted by Gasteiger charge is 2.07. The quantitative estimate of drug-likeness (QED) is 0.692. The van der Waals surface area contributed by atoms with Gasteiger partial charge in [0.1, 0.15) is 12.0 Å². The first-order valence-corrected chi connectivity index (χ1v) is 5.29. The molecule has 0 atom stereocenters. The maximum atomic E-state index is 10.3. The lowest BCUT2D eigenvalue weighted by molar-refractivity contribution is -0.107. The number of ether oxygens (including phenoxy) is 1. The van der Waals surface area contributed by atoms with Crippen LogP contribution in [0.2, 0.25) is 0 Å². The standard InChI is InChI=1S/C13H18O2/c1-10(2)12-9-11(5-4-8-14)6-7-13(12)15-3/h6-10H,4-5H2,1-3H3. The fourth-order valence-corrected chi connectivity index (χ4v) is 1.62. The minimum atomic E-state index is 0.441. The fourth-order valence-electron chi connectivity index (χ4n) is 1.62. The van der Waals surface area contributed by atoms with Crippen molar-refractivity contribution in [1.82, 2.24) is 0 Å². The lowest BCUT2D eigenvalue weighted by Crippen LogP contribution is -1.96. The van der Waals surface area contributed by atoms with Gasteiger partial charge >= 0.3 is 0 Å². The highest BCUT2D eigenvalue weighted by Crippen LogP contribution is 2.27. The first-order chi connectivity index (χ1) is 7.19. The van der Waals surface area contributed by atoms with Crippen LogP contribution in [-0.4, -0.2) is 13.4 Å². The molecule has 1 rings (SSSR count). The highest BCUT2D eigenvalue weighted by atomic mass is 16.5. The van der Waals surface area contributed by atoms with Crippen LogP contribution in [0.5, 0.6) is 5.75 Å². The third kappa shape index (κ3) is 3.08. The SMILES string of the molecule is COc1ccc(CCC=O)cc1C(C)C. The molecule has 2 nitrogen and oxygen atoms in total. The van der Waals surface area contributed by atoms with Crippen molar-refractivity contribution in [2.75, 3.05) is 7.11 Å². The van der Waals surface area contributed by atoms with Gasteiger partial charge in [-0.2, -0.15) is 0 Å². The van der Waals surface area contributed by atoms with Gasteiger partial charge in [-0.25, -0.2) is 0 Å². The monoisotopic (exact) mass is 206 g/mol. The topological polar surface area (TPSA) is 26.3 Å². The van der Waals surface area contributed by atoms with Gasteiger partial charge in [-0.15, -0.1) is 0 Å². The van der Waals surface area contributed by atoms with Gasteiger partial charge in [0.25, 0.3) is 0 Å². The van der Waals surface area contributed by atoms with Crippen LogP contribution in [0.3, 0.4) is 0 Å². The Hall–Kier alpha value is -1.31. The van der Waals surface area contributed by atoms with Gasteiger partial charge in [0.05, 0.1) is 7.11 Å². The van der Waals surface area contributed by atoms with E-state index in [1.165, 1.54) is 11.1 Å². The lowest BCUT2D eigenvalue weighted by atomic mass is 9.98. The molecule has 0 aliphatic rings. The Kier molecular flexibility index (Phi) is 4.35. The van der Waals surface area contributed by atoms with E-state index in [0.29, 0.717) is 12.3 Å². The molecule has 15 heavy (non-hydrogen) atoms. The van der Waals surface area contributed by atoms with E-state index in [1.807, 2.05) is 12.1 Å². The summed E-state index contributed by atoms with van der Waals surface area (Å²) in [4.78, 5) is 10.3. The zero-order chi connectivity index (χ0) is 11.3. The molecule has 0 N–H and O–H groups in total. The molecule has 0 aliphatic heterocycles. The second kappa shape index (κ2) is 5.54. The third-order valence-corrected chi connectivity index (χ3v) is 2.47. The van der Waals surface area contributed by atoms with Crippen molar-refractivity contribution in [3.05, 3.63) is 29.3 Å². The summed E-state index contributed by atoms with van der Waals surface area (Å²) < 4.78 is 5.30. The predicted octanol–water partition coefficient (Wildman–Crippen LogP) is 2.95. The van der Waals surface area contributed by atoms with E-state index in [1.54, 1.807) is 7.11 Å². The molecule has 82 valence electrons. The van der Waals surface area contributed by atoms with E-state index >= 15 is 0 Å². The van der Waals surface area contributed by atoms with Crippen LogP contribution < -0.4 is 4.74 Å². The van der Waals surface area contributed by atoms with Gasteiger partial charge in [0.15, 0.2) is 0 Å². The van der Waals surface area contributed by atoms with Crippen molar-refractivity contribution in [1.29, 1.82) is 0 Å². The van der Waals surface area contributed by atoms with Gasteiger partial charge in [-0.1, -0.05) is 26.0 Å². The minimum Gasteiger partial charge on any atom is -0.496 e. The zero-order valence-corrected chi connectivity index (χ0v) is 9.62. The highest BCUT2D eigenvalue weighted by molar-refractivity contribution is 5.50. The summed E-state index contributed by atoms with van der Waals surface area (Å²) in [6.45, 7) is 4.28. The second-order valence-electron chi connectivity index (χ2n) is 3.94. The smallest absolute Gasteiger partial charge is 0.122 e. The normalized spacial score (nSPS) is 10.4. The van der Waals surface area contributed by atoms with Crippen molar-refractivity contribution in [3.8, 4) is 5.75 Å².